The van der Waals surface area contributed by atoms with Gasteiger partial charge in [0, 0.05) is 11.6 Å². The van der Waals surface area contributed by atoms with Crippen molar-refractivity contribution in [3.63, 3.8) is 0 Å². The van der Waals surface area contributed by atoms with Gasteiger partial charge >= 0.3 is 0 Å². The van der Waals surface area contributed by atoms with Crippen LogP contribution in [0.1, 0.15) is 55.5 Å². The van der Waals surface area contributed by atoms with Gasteiger partial charge in [0.05, 0.1) is 11.0 Å². The molecule has 1 heterocycles. The van der Waals surface area contributed by atoms with Crippen LogP contribution in [0.5, 0.6) is 0 Å². The van der Waals surface area contributed by atoms with E-state index in [9.17, 15) is 23.3 Å². The van der Waals surface area contributed by atoms with Crippen LogP contribution in [0.2, 0.25) is 0 Å². The number of amides is 2. The van der Waals surface area contributed by atoms with Gasteiger partial charge in [-0.05, 0) is 67.1 Å². The predicted molar refractivity (Wildman–Crippen MR) is 134 cm³/mol. The average molecular weight is 506 g/mol. The third kappa shape index (κ3) is 4.61. The lowest BCUT2D eigenvalue weighted by Crippen LogP contribution is -2.61. The van der Waals surface area contributed by atoms with Crippen LogP contribution >= 0.6 is 0 Å². The van der Waals surface area contributed by atoms with E-state index in [1.54, 1.807) is 36.4 Å². The number of sulfone groups is 1. The summed E-state index contributed by atoms with van der Waals surface area (Å²) < 4.78 is 29.3. The van der Waals surface area contributed by atoms with Gasteiger partial charge in [-0.1, -0.05) is 37.5 Å². The molecule has 0 spiro atoms. The Bertz CT molecular complexity index is 1490. The highest BCUT2D eigenvalue weighted by Crippen LogP contribution is 2.37. The molecule has 0 atom stereocenters. The predicted octanol–water partition coefficient (Wildman–Crippen LogP) is 4.11. The Labute approximate surface area is 209 Å². The highest BCUT2D eigenvalue weighted by Gasteiger charge is 2.50. The standard InChI is InChI=1S/C27H27N3O5S/c1-36(33,34)21-8-5-18(6-9-21)19-7-10-22-20(15-19)16-23(35-22)24(31)29-27(11-3-2-4-12-27)25(32)30-26(17-28)13-14-26/h5-10,15-16H,2-4,11-14H2,1H3,(H,29,31)(H,30,32). The molecule has 1 aromatic heterocycles. The molecule has 8 nitrogen and oxygen atoms in total. The lowest BCUT2D eigenvalue weighted by molar-refractivity contribution is -0.129. The summed E-state index contributed by atoms with van der Waals surface area (Å²) in [4.78, 5) is 26.7. The molecule has 0 aliphatic heterocycles. The summed E-state index contributed by atoms with van der Waals surface area (Å²) in [5, 5.41) is 15.9. The van der Waals surface area contributed by atoms with Crippen molar-refractivity contribution in [2.24, 2.45) is 0 Å². The van der Waals surface area contributed by atoms with Crippen molar-refractivity contribution in [1.82, 2.24) is 10.6 Å². The number of nitrogens with one attached hydrogen (secondary N) is 2. The zero-order valence-electron chi connectivity index (χ0n) is 20.0. The fourth-order valence-electron chi connectivity index (χ4n) is 4.80. The Morgan fingerprint density at radius 1 is 0.917 bits per heavy atom. The van der Waals surface area contributed by atoms with Crippen LogP contribution in [0.25, 0.3) is 22.1 Å². The van der Waals surface area contributed by atoms with E-state index < -0.39 is 26.8 Å². The molecular formula is C27H27N3O5S. The molecule has 2 saturated carbocycles. The Kier molecular flexibility index (Phi) is 5.87. The number of rotatable bonds is 6. The number of hydrogen-bond donors (Lipinski definition) is 2. The monoisotopic (exact) mass is 505 g/mol. The number of benzene rings is 2. The first-order chi connectivity index (χ1) is 17.1. The lowest BCUT2D eigenvalue weighted by atomic mass is 9.80. The summed E-state index contributed by atoms with van der Waals surface area (Å²) >= 11 is 0. The zero-order valence-corrected chi connectivity index (χ0v) is 20.8. The highest BCUT2D eigenvalue weighted by molar-refractivity contribution is 7.90. The molecule has 2 aliphatic rings. The second-order valence-corrected chi connectivity index (χ2v) is 11.9. The Balaban J connectivity index is 1.38. The first-order valence-corrected chi connectivity index (χ1v) is 13.9. The fraction of sp³-hybridized carbons (Fsp3) is 0.370. The van der Waals surface area contributed by atoms with E-state index >= 15 is 0 Å². The van der Waals surface area contributed by atoms with Crippen molar-refractivity contribution in [2.45, 2.75) is 60.9 Å². The van der Waals surface area contributed by atoms with E-state index in [0.29, 0.717) is 36.7 Å². The first-order valence-electron chi connectivity index (χ1n) is 12.0. The van der Waals surface area contributed by atoms with E-state index in [1.807, 2.05) is 12.1 Å². The third-order valence-corrected chi connectivity index (χ3v) is 8.30. The van der Waals surface area contributed by atoms with Gasteiger partial charge < -0.3 is 15.1 Å². The SMILES string of the molecule is CS(=O)(=O)c1ccc(-c2ccc3oc(C(=O)NC4(C(=O)NC5(C#N)CC5)CCCCC4)cc3c2)cc1. The molecule has 2 aromatic carbocycles. The topological polar surface area (TPSA) is 129 Å². The van der Waals surface area contributed by atoms with Gasteiger partial charge in [-0.3, -0.25) is 9.59 Å². The molecule has 2 fully saturated rings. The second kappa shape index (κ2) is 8.79. The molecule has 0 bridgehead atoms. The summed E-state index contributed by atoms with van der Waals surface area (Å²) in [6.07, 6.45) is 6.07. The van der Waals surface area contributed by atoms with E-state index in [2.05, 4.69) is 16.7 Å². The van der Waals surface area contributed by atoms with Gasteiger partial charge in [-0.2, -0.15) is 5.26 Å². The molecule has 0 saturated heterocycles. The number of furan rings is 1. The number of nitriles is 1. The molecule has 186 valence electrons. The average Bonchev–Trinajstić information content (AvgIpc) is 3.51. The van der Waals surface area contributed by atoms with E-state index in [4.69, 9.17) is 4.42 Å². The second-order valence-electron chi connectivity index (χ2n) is 9.90. The van der Waals surface area contributed by atoms with E-state index in [0.717, 1.165) is 30.4 Å². The van der Waals surface area contributed by atoms with Gasteiger partial charge in [-0.15, -0.1) is 0 Å². The summed E-state index contributed by atoms with van der Waals surface area (Å²) in [5.41, 5.74) is 0.347. The quantitative estimate of drug-likeness (QED) is 0.519. The number of hydrogen-bond acceptors (Lipinski definition) is 6. The first kappa shape index (κ1) is 24.1. The number of carbonyl (C=O) groups is 2. The van der Waals surface area contributed by atoms with Gasteiger partial charge in [0.2, 0.25) is 5.91 Å². The Morgan fingerprint density at radius 3 is 2.19 bits per heavy atom. The molecular weight excluding hydrogens is 478 g/mol. The lowest BCUT2D eigenvalue weighted by Gasteiger charge is -2.37. The largest absolute Gasteiger partial charge is 0.451 e. The highest BCUT2D eigenvalue weighted by atomic mass is 32.2. The molecule has 2 aliphatic carbocycles. The summed E-state index contributed by atoms with van der Waals surface area (Å²) in [6.45, 7) is 0. The summed E-state index contributed by atoms with van der Waals surface area (Å²) in [6, 6.07) is 15.9. The van der Waals surface area contributed by atoms with Crippen LogP contribution in [0.15, 0.2) is 57.8 Å². The van der Waals surface area contributed by atoms with Crippen molar-refractivity contribution in [3.8, 4) is 17.2 Å². The fourth-order valence-corrected chi connectivity index (χ4v) is 5.43. The van der Waals surface area contributed by atoms with Gasteiger partial charge in [0.25, 0.3) is 5.91 Å². The summed E-state index contributed by atoms with van der Waals surface area (Å²) in [7, 11) is -3.28. The molecule has 0 radical (unpaired) electrons. The maximum atomic E-state index is 13.2. The van der Waals surface area contributed by atoms with Crippen LogP contribution in [0.4, 0.5) is 0 Å². The normalized spacial score (nSPS) is 18.2. The minimum atomic E-state index is -3.28. The molecule has 9 heteroatoms. The van der Waals surface area contributed by atoms with Crippen molar-refractivity contribution in [1.29, 1.82) is 5.26 Å². The number of fused-ring (bicyclic) bond motifs is 1. The number of carbonyl (C=O) groups excluding carboxylic acids is 2. The Hall–Kier alpha value is -3.64. The molecule has 36 heavy (non-hydrogen) atoms. The van der Waals surface area contributed by atoms with E-state index in [-0.39, 0.29) is 16.6 Å². The zero-order chi connectivity index (χ0) is 25.6. The van der Waals surface area contributed by atoms with Crippen molar-refractivity contribution >= 4 is 32.6 Å². The van der Waals surface area contributed by atoms with Crippen molar-refractivity contribution < 1.29 is 22.4 Å². The molecule has 2 N–H and O–H groups in total. The van der Waals surface area contributed by atoms with Crippen LogP contribution in [0.3, 0.4) is 0 Å². The summed E-state index contributed by atoms with van der Waals surface area (Å²) in [5.74, 6) is -0.664. The van der Waals surface area contributed by atoms with Gasteiger partial charge in [-0.25, -0.2) is 8.42 Å². The molecule has 5 rings (SSSR count). The van der Waals surface area contributed by atoms with Gasteiger partial charge in [0.15, 0.2) is 15.6 Å². The van der Waals surface area contributed by atoms with Crippen molar-refractivity contribution in [2.75, 3.05) is 6.26 Å². The molecule has 0 unspecified atom stereocenters. The minimum Gasteiger partial charge on any atom is -0.451 e. The van der Waals surface area contributed by atoms with Gasteiger partial charge in [0.1, 0.15) is 16.7 Å². The molecule has 2 amide bonds. The smallest absolute Gasteiger partial charge is 0.287 e. The maximum Gasteiger partial charge on any atom is 0.287 e. The number of nitrogens with zero attached hydrogens (tertiary/aromatic N) is 1. The Morgan fingerprint density at radius 2 is 1.58 bits per heavy atom. The minimum absolute atomic E-state index is 0.105. The van der Waals surface area contributed by atoms with Crippen LogP contribution in [-0.2, 0) is 14.6 Å². The van der Waals surface area contributed by atoms with E-state index in [1.165, 1.54) is 6.26 Å². The molecule has 3 aromatic rings. The third-order valence-electron chi connectivity index (χ3n) is 7.17. The van der Waals surface area contributed by atoms with Crippen LogP contribution in [-0.4, -0.2) is 37.6 Å². The van der Waals surface area contributed by atoms with Crippen LogP contribution in [0, 0.1) is 11.3 Å². The van der Waals surface area contributed by atoms with Crippen LogP contribution < -0.4 is 10.6 Å². The van der Waals surface area contributed by atoms with Crippen molar-refractivity contribution in [3.05, 3.63) is 54.3 Å². The maximum absolute atomic E-state index is 13.2.